The van der Waals surface area contributed by atoms with Crippen molar-refractivity contribution in [2.45, 2.75) is 43.8 Å². The van der Waals surface area contributed by atoms with Crippen molar-refractivity contribution in [1.29, 1.82) is 0 Å². The molecule has 136 valence electrons. The lowest BCUT2D eigenvalue weighted by Gasteiger charge is -2.18. The Labute approximate surface area is 156 Å². The third-order valence-corrected chi connectivity index (χ3v) is 5.41. The fraction of sp³-hybridized carbons (Fsp3) is 0.300. The van der Waals surface area contributed by atoms with E-state index in [-0.39, 0.29) is 23.0 Å². The Morgan fingerprint density at radius 1 is 1.19 bits per heavy atom. The Hall–Kier alpha value is -2.34. The first-order valence-electron chi connectivity index (χ1n) is 8.67. The van der Waals surface area contributed by atoms with Crippen molar-refractivity contribution in [2.24, 2.45) is 0 Å². The Morgan fingerprint density at radius 3 is 2.58 bits per heavy atom. The Balaban J connectivity index is 1.70. The lowest BCUT2D eigenvalue weighted by molar-refractivity contribution is -0.120. The Morgan fingerprint density at radius 2 is 1.88 bits per heavy atom. The number of benzene rings is 2. The van der Waals surface area contributed by atoms with E-state index in [0.29, 0.717) is 0 Å². The first-order valence-corrected chi connectivity index (χ1v) is 9.55. The number of imidazole rings is 1. The standard InChI is InChI=1S/C20H22FN3OS/c1-4-24-18-8-6-5-7-17(18)23-20(24)26-14(3)19(25)22-13(2)15-9-11-16(21)12-10-15/h5-14H,4H2,1-3H3,(H,22,25)/t13-,14+/m0/s1. The minimum absolute atomic E-state index is 0.0680. The van der Waals surface area contributed by atoms with Crippen molar-refractivity contribution in [2.75, 3.05) is 0 Å². The summed E-state index contributed by atoms with van der Waals surface area (Å²) in [5.41, 5.74) is 2.88. The van der Waals surface area contributed by atoms with E-state index in [1.54, 1.807) is 12.1 Å². The third kappa shape index (κ3) is 3.90. The number of fused-ring (bicyclic) bond motifs is 1. The van der Waals surface area contributed by atoms with Crippen LogP contribution in [0, 0.1) is 5.82 Å². The predicted molar refractivity (Wildman–Crippen MR) is 104 cm³/mol. The molecule has 1 aromatic heterocycles. The van der Waals surface area contributed by atoms with Gasteiger partial charge in [-0.3, -0.25) is 4.79 Å². The zero-order valence-corrected chi connectivity index (χ0v) is 15.9. The summed E-state index contributed by atoms with van der Waals surface area (Å²) in [5, 5.41) is 3.53. The lowest BCUT2D eigenvalue weighted by atomic mass is 10.1. The number of nitrogens with zero attached hydrogens (tertiary/aromatic N) is 2. The summed E-state index contributed by atoms with van der Waals surface area (Å²) in [4.78, 5) is 17.2. The van der Waals surface area contributed by atoms with Gasteiger partial charge in [-0.15, -0.1) is 0 Å². The van der Waals surface area contributed by atoms with E-state index in [2.05, 4.69) is 21.8 Å². The number of thioether (sulfide) groups is 1. The van der Waals surface area contributed by atoms with Gasteiger partial charge in [-0.05, 0) is 50.6 Å². The molecular weight excluding hydrogens is 349 g/mol. The smallest absolute Gasteiger partial charge is 0.233 e. The number of hydrogen-bond acceptors (Lipinski definition) is 3. The van der Waals surface area contributed by atoms with Gasteiger partial charge in [0.25, 0.3) is 0 Å². The maximum atomic E-state index is 13.0. The van der Waals surface area contributed by atoms with Gasteiger partial charge in [0.1, 0.15) is 5.82 Å². The molecule has 0 saturated heterocycles. The largest absolute Gasteiger partial charge is 0.349 e. The Bertz CT molecular complexity index is 907. The van der Waals surface area contributed by atoms with E-state index in [4.69, 9.17) is 0 Å². The van der Waals surface area contributed by atoms with Crippen LogP contribution in [0.3, 0.4) is 0 Å². The van der Waals surface area contributed by atoms with E-state index in [0.717, 1.165) is 28.3 Å². The normalized spacial score (nSPS) is 13.5. The zero-order chi connectivity index (χ0) is 18.7. The molecule has 0 unspecified atom stereocenters. The van der Waals surface area contributed by atoms with E-state index >= 15 is 0 Å². The number of aryl methyl sites for hydroxylation is 1. The molecule has 2 aromatic carbocycles. The van der Waals surface area contributed by atoms with Gasteiger partial charge in [0.2, 0.25) is 5.91 Å². The predicted octanol–water partition coefficient (Wildman–Crippen LogP) is 4.55. The summed E-state index contributed by atoms with van der Waals surface area (Å²) < 4.78 is 15.2. The number of aromatic nitrogens is 2. The quantitative estimate of drug-likeness (QED) is 0.647. The van der Waals surface area contributed by atoms with Gasteiger partial charge in [0, 0.05) is 6.54 Å². The molecule has 0 spiro atoms. The molecular formula is C20H22FN3OS. The summed E-state index contributed by atoms with van der Waals surface area (Å²) in [5.74, 6) is -0.351. The number of rotatable bonds is 6. The van der Waals surface area contributed by atoms with Crippen molar-refractivity contribution < 1.29 is 9.18 Å². The van der Waals surface area contributed by atoms with E-state index < -0.39 is 0 Å². The van der Waals surface area contributed by atoms with Crippen LogP contribution >= 0.6 is 11.8 Å². The molecule has 0 aliphatic rings. The molecule has 0 aliphatic carbocycles. The molecule has 2 atom stereocenters. The van der Waals surface area contributed by atoms with Crippen LogP contribution in [0.25, 0.3) is 11.0 Å². The van der Waals surface area contributed by atoms with Crippen molar-refractivity contribution in [3.63, 3.8) is 0 Å². The minimum Gasteiger partial charge on any atom is -0.349 e. The van der Waals surface area contributed by atoms with Crippen LogP contribution in [-0.4, -0.2) is 20.7 Å². The highest BCUT2D eigenvalue weighted by Crippen LogP contribution is 2.27. The van der Waals surface area contributed by atoms with Crippen LogP contribution in [0.1, 0.15) is 32.4 Å². The van der Waals surface area contributed by atoms with Gasteiger partial charge in [0.05, 0.1) is 22.3 Å². The Kier molecular flexibility index (Phi) is 5.61. The minimum atomic E-state index is -0.292. The van der Waals surface area contributed by atoms with Crippen LogP contribution in [0.4, 0.5) is 4.39 Å². The van der Waals surface area contributed by atoms with Gasteiger partial charge in [-0.25, -0.2) is 9.37 Å². The van der Waals surface area contributed by atoms with Crippen LogP contribution in [0.2, 0.25) is 0 Å². The number of halogens is 1. The van der Waals surface area contributed by atoms with Gasteiger partial charge in [-0.1, -0.05) is 36.0 Å². The monoisotopic (exact) mass is 371 g/mol. The molecule has 0 aliphatic heterocycles. The lowest BCUT2D eigenvalue weighted by Crippen LogP contribution is -2.33. The highest BCUT2D eigenvalue weighted by atomic mass is 32.2. The first kappa shape index (κ1) is 18.5. The van der Waals surface area contributed by atoms with E-state index in [1.807, 2.05) is 38.1 Å². The maximum absolute atomic E-state index is 13.0. The van der Waals surface area contributed by atoms with E-state index in [9.17, 15) is 9.18 Å². The van der Waals surface area contributed by atoms with Crippen molar-refractivity contribution in [3.05, 3.63) is 59.9 Å². The molecule has 4 nitrogen and oxygen atoms in total. The van der Waals surface area contributed by atoms with Crippen LogP contribution < -0.4 is 5.32 Å². The number of hydrogen-bond donors (Lipinski definition) is 1. The number of nitrogens with one attached hydrogen (secondary N) is 1. The molecule has 0 saturated carbocycles. The van der Waals surface area contributed by atoms with E-state index in [1.165, 1.54) is 23.9 Å². The molecule has 1 heterocycles. The highest BCUT2D eigenvalue weighted by molar-refractivity contribution is 8.00. The number of carbonyl (C=O) groups excluding carboxylic acids is 1. The number of amides is 1. The molecule has 1 amide bonds. The summed E-state index contributed by atoms with van der Waals surface area (Å²) in [6.07, 6.45) is 0. The fourth-order valence-electron chi connectivity index (χ4n) is 2.83. The zero-order valence-electron chi connectivity index (χ0n) is 15.1. The molecule has 1 N–H and O–H groups in total. The summed E-state index contributed by atoms with van der Waals surface area (Å²) in [6.45, 7) is 6.63. The van der Waals surface area contributed by atoms with Gasteiger partial charge in [-0.2, -0.15) is 0 Å². The van der Waals surface area contributed by atoms with Crippen LogP contribution in [-0.2, 0) is 11.3 Å². The summed E-state index contributed by atoms with van der Waals surface area (Å²) in [6, 6.07) is 14.0. The van der Waals surface area contributed by atoms with Gasteiger partial charge in [0.15, 0.2) is 5.16 Å². The molecule has 0 fully saturated rings. The average molecular weight is 371 g/mol. The van der Waals surface area contributed by atoms with Crippen LogP contribution in [0.15, 0.2) is 53.7 Å². The number of carbonyl (C=O) groups is 1. The van der Waals surface area contributed by atoms with Crippen LogP contribution in [0.5, 0.6) is 0 Å². The summed E-state index contributed by atoms with van der Waals surface area (Å²) in [7, 11) is 0. The van der Waals surface area contributed by atoms with Gasteiger partial charge < -0.3 is 9.88 Å². The summed E-state index contributed by atoms with van der Waals surface area (Å²) >= 11 is 1.45. The topological polar surface area (TPSA) is 46.9 Å². The molecule has 3 aromatic rings. The number of para-hydroxylation sites is 2. The first-order chi connectivity index (χ1) is 12.5. The fourth-order valence-corrected chi connectivity index (χ4v) is 3.82. The maximum Gasteiger partial charge on any atom is 0.233 e. The van der Waals surface area contributed by atoms with Crippen molar-refractivity contribution >= 4 is 28.7 Å². The molecule has 3 rings (SSSR count). The SMILES string of the molecule is CCn1c(S[C@H](C)C(=O)N[C@@H](C)c2ccc(F)cc2)nc2ccccc21. The third-order valence-electron chi connectivity index (χ3n) is 4.32. The molecule has 26 heavy (non-hydrogen) atoms. The van der Waals surface area contributed by atoms with Crippen molar-refractivity contribution in [1.82, 2.24) is 14.9 Å². The second kappa shape index (κ2) is 7.91. The molecule has 0 radical (unpaired) electrons. The second-order valence-electron chi connectivity index (χ2n) is 6.17. The molecule has 0 bridgehead atoms. The highest BCUT2D eigenvalue weighted by Gasteiger charge is 2.20. The van der Waals surface area contributed by atoms with Crippen molar-refractivity contribution in [3.8, 4) is 0 Å². The molecule has 6 heteroatoms. The average Bonchev–Trinajstić information content (AvgIpc) is 2.99. The second-order valence-corrected chi connectivity index (χ2v) is 7.48. The van der Waals surface area contributed by atoms with Gasteiger partial charge >= 0.3 is 0 Å².